The second-order valence-electron chi connectivity index (χ2n) is 5.20. The predicted octanol–water partition coefficient (Wildman–Crippen LogP) is 3.03. The Labute approximate surface area is 150 Å². The lowest BCUT2D eigenvalue weighted by Crippen LogP contribution is -2.26. The normalized spacial score (nSPS) is 11.2. The van der Waals surface area contributed by atoms with Crippen LogP contribution in [0.1, 0.15) is 22.3 Å². The fourth-order valence-corrected chi connectivity index (χ4v) is 4.10. The summed E-state index contributed by atoms with van der Waals surface area (Å²) in [5.41, 5.74) is 1.37. The van der Waals surface area contributed by atoms with Gasteiger partial charge in [0.25, 0.3) is 5.91 Å². The molecular formula is C17H18INO3S. The lowest BCUT2D eigenvalue weighted by molar-refractivity contribution is 0.0953. The first kappa shape index (κ1) is 17.9. The van der Waals surface area contributed by atoms with Crippen LogP contribution in [0.15, 0.2) is 54.6 Å². The van der Waals surface area contributed by atoms with Crippen molar-refractivity contribution >= 4 is 38.3 Å². The first-order valence-electron chi connectivity index (χ1n) is 7.24. The van der Waals surface area contributed by atoms with Gasteiger partial charge in [0, 0.05) is 15.7 Å². The van der Waals surface area contributed by atoms with Crippen molar-refractivity contribution in [3.05, 3.63) is 69.3 Å². The molecule has 0 bridgehead atoms. The molecule has 0 aliphatic rings. The van der Waals surface area contributed by atoms with Gasteiger partial charge in [-0.25, -0.2) is 8.42 Å². The maximum Gasteiger partial charge on any atom is 0.251 e. The third-order valence-corrected chi connectivity index (χ3v) is 5.59. The predicted molar refractivity (Wildman–Crippen MR) is 100 cm³/mol. The molecule has 0 fully saturated rings. The maximum absolute atomic E-state index is 12.0. The summed E-state index contributed by atoms with van der Waals surface area (Å²) in [6, 6.07) is 16.4. The number of carbonyl (C=O) groups is 1. The number of hydrogen-bond donors (Lipinski definition) is 1. The smallest absolute Gasteiger partial charge is 0.251 e. The number of hydrogen-bond acceptors (Lipinski definition) is 3. The molecule has 4 nitrogen and oxygen atoms in total. The van der Waals surface area contributed by atoms with E-state index in [-0.39, 0.29) is 17.4 Å². The van der Waals surface area contributed by atoms with E-state index in [0.717, 1.165) is 9.13 Å². The Bertz CT molecular complexity index is 760. The zero-order valence-electron chi connectivity index (χ0n) is 12.5. The van der Waals surface area contributed by atoms with Crippen molar-refractivity contribution in [1.29, 1.82) is 0 Å². The van der Waals surface area contributed by atoms with E-state index in [4.69, 9.17) is 0 Å². The van der Waals surface area contributed by atoms with Crippen molar-refractivity contribution in [2.24, 2.45) is 0 Å². The average Bonchev–Trinajstić information content (AvgIpc) is 2.52. The van der Waals surface area contributed by atoms with Crippen molar-refractivity contribution in [1.82, 2.24) is 5.32 Å². The third-order valence-electron chi connectivity index (χ3n) is 3.23. The minimum absolute atomic E-state index is 0.0403. The van der Waals surface area contributed by atoms with E-state index in [1.54, 1.807) is 24.3 Å². The number of halogens is 1. The van der Waals surface area contributed by atoms with E-state index in [9.17, 15) is 13.2 Å². The van der Waals surface area contributed by atoms with Crippen molar-refractivity contribution in [2.45, 2.75) is 12.2 Å². The third kappa shape index (κ3) is 6.31. The summed E-state index contributed by atoms with van der Waals surface area (Å²) in [6.07, 6.45) is 0.408. The van der Waals surface area contributed by atoms with Crippen LogP contribution in [-0.2, 0) is 15.6 Å². The molecule has 0 saturated carbocycles. The standard InChI is InChI=1S/C17H18INO3S/c18-16-9-4-8-15(12-16)17(20)19-10-5-11-23(21,22)13-14-6-2-1-3-7-14/h1-4,6-9,12H,5,10-11,13H2,(H,19,20). The number of amides is 1. The van der Waals surface area contributed by atoms with E-state index in [2.05, 4.69) is 27.9 Å². The van der Waals surface area contributed by atoms with E-state index in [0.29, 0.717) is 18.5 Å². The SMILES string of the molecule is O=C(NCCCS(=O)(=O)Cc1ccccc1)c1cccc(I)c1. The summed E-state index contributed by atoms with van der Waals surface area (Å²) in [7, 11) is -3.16. The summed E-state index contributed by atoms with van der Waals surface area (Å²) >= 11 is 2.15. The van der Waals surface area contributed by atoms with Gasteiger partial charge in [0.05, 0.1) is 11.5 Å². The van der Waals surface area contributed by atoms with Crippen LogP contribution in [0.3, 0.4) is 0 Å². The fraction of sp³-hybridized carbons (Fsp3) is 0.235. The Morgan fingerprint density at radius 1 is 1.04 bits per heavy atom. The molecule has 0 saturated heterocycles. The number of sulfone groups is 1. The van der Waals surface area contributed by atoms with Crippen LogP contribution >= 0.6 is 22.6 Å². The Morgan fingerprint density at radius 2 is 1.78 bits per heavy atom. The zero-order valence-corrected chi connectivity index (χ0v) is 15.5. The molecule has 0 heterocycles. The Kier molecular flexibility index (Phi) is 6.59. The second kappa shape index (κ2) is 8.44. The van der Waals surface area contributed by atoms with E-state index in [1.165, 1.54) is 0 Å². The summed E-state index contributed by atoms with van der Waals surface area (Å²) in [4.78, 5) is 11.9. The van der Waals surface area contributed by atoms with Crippen molar-refractivity contribution < 1.29 is 13.2 Å². The van der Waals surface area contributed by atoms with E-state index in [1.807, 2.05) is 30.3 Å². The lowest BCUT2D eigenvalue weighted by atomic mass is 10.2. The average molecular weight is 443 g/mol. The summed E-state index contributed by atoms with van der Waals surface area (Å²) < 4.78 is 25.1. The molecule has 0 atom stereocenters. The van der Waals surface area contributed by atoms with Gasteiger partial charge in [0.15, 0.2) is 9.84 Å². The molecule has 2 aromatic rings. The molecule has 0 spiro atoms. The van der Waals surface area contributed by atoms with Gasteiger partial charge in [0.1, 0.15) is 0 Å². The van der Waals surface area contributed by atoms with Crippen LogP contribution < -0.4 is 5.32 Å². The first-order chi connectivity index (χ1) is 11.0. The Balaban J connectivity index is 1.77. The topological polar surface area (TPSA) is 63.2 Å². The summed E-state index contributed by atoms with van der Waals surface area (Å²) in [6.45, 7) is 0.346. The van der Waals surface area contributed by atoms with Gasteiger partial charge >= 0.3 is 0 Å². The molecule has 0 aliphatic carbocycles. The highest BCUT2D eigenvalue weighted by Gasteiger charge is 2.12. The van der Waals surface area contributed by atoms with Crippen molar-refractivity contribution in [2.75, 3.05) is 12.3 Å². The minimum Gasteiger partial charge on any atom is -0.352 e. The Morgan fingerprint density at radius 3 is 2.48 bits per heavy atom. The van der Waals surface area contributed by atoms with Gasteiger partial charge in [-0.05, 0) is 52.8 Å². The largest absolute Gasteiger partial charge is 0.352 e. The number of benzene rings is 2. The highest BCUT2D eigenvalue weighted by Crippen LogP contribution is 2.08. The molecule has 122 valence electrons. The number of carbonyl (C=O) groups excluding carboxylic acids is 1. The summed E-state index contributed by atoms with van der Waals surface area (Å²) in [5, 5.41) is 2.76. The monoisotopic (exact) mass is 443 g/mol. The lowest BCUT2D eigenvalue weighted by Gasteiger charge is -2.07. The van der Waals surface area contributed by atoms with E-state index >= 15 is 0 Å². The van der Waals surface area contributed by atoms with Crippen LogP contribution in [0, 0.1) is 3.57 Å². The second-order valence-corrected chi connectivity index (χ2v) is 8.63. The van der Waals surface area contributed by atoms with Gasteiger partial charge in [-0.15, -0.1) is 0 Å². The van der Waals surface area contributed by atoms with Crippen LogP contribution in [-0.4, -0.2) is 26.6 Å². The van der Waals surface area contributed by atoms with Crippen LogP contribution in [0.5, 0.6) is 0 Å². The molecule has 1 N–H and O–H groups in total. The van der Waals surface area contributed by atoms with Gasteiger partial charge in [-0.1, -0.05) is 36.4 Å². The summed E-state index contributed by atoms with van der Waals surface area (Å²) in [5.74, 6) is -0.0725. The zero-order chi connectivity index (χ0) is 16.7. The molecule has 0 radical (unpaired) electrons. The van der Waals surface area contributed by atoms with Gasteiger partial charge in [-0.2, -0.15) is 0 Å². The van der Waals surface area contributed by atoms with Gasteiger partial charge in [0.2, 0.25) is 0 Å². The van der Waals surface area contributed by atoms with Gasteiger partial charge < -0.3 is 5.32 Å². The fourth-order valence-electron chi connectivity index (χ4n) is 2.13. The highest BCUT2D eigenvalue weighted by atomic mass is 127. The minimum atomic E-state index is -3.16. The molecule has 2 rings (SSSR count). The van der Waals surface area contributed by atoms with Crippen LogP contribution in [0.25, 0.3) is 0 Å². The van der Waals surface area contributed by atoms with Crippen LogP contribution in [0.2, 0.25) is 0 Å². The molecule has 2 aromatic carbocycles. The van der Waals surface area contributed by atoms with Crippen molar-refractivity contribution in [3.8, 4) is 0 Å². The highest BCUT2D eigenvalue weighted by molar-refractivity contribution is 14.1. The molecule has 0 aliphatic heterocycles. The molecular weight excluding hydrogens is 425 g/mol. The van der Waals surface area contributed by atoms with Crippen molar-refractivity contribution in [3.63, 3.8) is 0 Å². The molecule has 0 aromatic heterocycles. The quantitative estimate of drug-likeness (QED) is 0.529. The number of rotatable bonds is 7. The first-order valence-corrected chi connectivity index (χ1v) is 10.1. The molecule has 6 heteroatoms. The maximum atomic E-state index is 12.0. The Hall–Kier alpha value is -1.41. The van der Waals surface area contributed by atoms with E-state index < -0.39 is 9.84 Å². The van der Waals surface area contributed by atoms with Gasteiger partial charge in [-0.3, -0.25) is 4.79 Å². The molecule has 0 unspecified atom stereocenters. The number of nitrogens with one attached hydrogen (secondary N) is 1. The molecule has 1 amide bonds. The molecule has 23 heavy (non-hydrogen) atoms. The van der Waals surface area contributed by atoms with Crippen LogP contribution in [0.4, 0.5) is 0 Å².